The van der Waals surface area contributed by atoms with Crippen LogP contribution in [0.1, 0.15) is 36.8 Å². The Labute approximate surface area is 183 Å². The fourth-order valence-corrected chi connectivity index (χ4v) is 7.12. The van der Waals surface area contributed by atoms with Gasteiger partial charge in [-0.15, -0.1) is 0 Å². The molecule has 0 saturated carbocycles. The van der Waals surface area contributed by atoms with E-state index in [1.807, 2.05) is 12.1 Å². The maximum Gasteiger partial charge on any atom is 0.243 e. The van der Waals surface area contributed by atoms with Crippen LogP contribution in [0.3, 0.4) is 0 Å². The summed E-state index contributed by atoms with van der Waals surface area (Å²) in [6.07, 6.45) is 4.00. The van der Waals surface area contributed by atoms with Crippen LogP contribution in [0.15, 0.2) is 53.4 Å². The van der Waals surface area contributed by atoms with Gasteiger partial charge in [0.25, 0.3) is 0 Å². The Morgan fingerprint density at radius 1 is 1.00 bits per heavy atom. The summed E-state index contributed by atoms with van der Waals surface area (Å²) < 4.78 is 47.7. The van der Waals surface area contributed by atoms with Crippen molar-refractivity contribution in [2.75, 3.05) is 32.8 Å². The molecule has 3 aliphatic heterocycles. The lowest BCUT2D eigenvalue weighted by Gasteiger charge is -2.50. The average molecular weight is 445 g/mol. The van der Waals surface area contributed by atoms with Crippen LogP contribution >= 0.6 is 0 Å². The van der Waals surface area contributed by atoms with E-state index in [-0.39, 0.29) is 10.3 Å². The van der Waals surface area contributed by atoms with E-state index >= 15 is 0 Å². The smallest absolute Gasteiger partial charge is 0.243 e. The van der Waals surface area contributed by atoms with Crippen LogP contribution in [-0.4, -0.2) is 56.5 Å². The molecule has 0 aromatic heterocycles. The van der Waals surface area contributed by atoms with Gasteiger partial charge >= 0.3 is 0 Å². The fourth-order valence-electron chi connectivity index (χ4n) is 5.59. The lowest BCUT2D eigenvalue weighted by Crippen LogP contribution is -2.55. The number of fused-ring (bicyclic) bond motifs is 2. The van der Waals surface area contributed by atoms with Crippen LogP contribution in [0.5, 0.6) is 0 Å². The van der Waals surface area contributed by atoms with E-state index in [0.717, 1.165) is 63.6 Å². The van der Waals surface area contributed by atoms with Gasteiger partial charge in [0.05, 0.1) is 4.90 Å². The predicted molar refractivity (Wildman–Crippen MR) is 117 cm³/mol. The third-order valence-electron chi connectivity index (χ3n) is 7.31. The van der Waals surface area contributed by atoms with Crippen LogP contribution in [0.4, 0.5) is 4.39 Å². The van der Waals surface area contributed by atoms with Crippen molar-refractivity contribution in [2.45, 2.75) is 48.6 Å². The second-order valence-corrected chi connectivity index (χ2v) is 11.0. The number of hydrogen-bond donors (Lipinski definition) is 0. The molecule has 7 heteroatoms. The highest BCUT2D eigenvalue weighted by molar-refractivity contribution is 7.89. The third kappa shape index (κ3) is 3.93. The zero-order valence-electron chi connectivity index (χ0n) is 17.7. The van der Waals surface area contributed by atoms with Gasteiger partial charge < -0.3 is 9.64 Å². The SMILES string of the molecule is O=S(=O)(c1cccc(F)c1)N1Cc2ccccc2C2(CCN(C3CCOCC3)CC2)C1. The maximum absolute atomic E-state index is 13.8. The van der Waals surface area contributed by atoms with E-state index in [2.05, 4.69) is 17.0 Å². The molecule has 0 amide bonds. The number of ether oxygens (including phenoxy) is 1. The largest absolute Gasteiger partial charge is 0.381 e. The normalized spacial score (nSPS) is 23.0. The van der Waals surface area contributed by atoms with E-state index in [0.29, 0.717) is 19.1 Å². The molecule has 1 spiro atoms. The molecule has 0 radical (unpaired) electrons. The quantitative estimate of drug-likeness (QED) is 0.727. The topological polar surface area (TPSA) is 49.9 Å². The summed E-state index contributed by atoms with van der Waals surface area (Å²) in [6.45, 7) is 4.37. The minimum absolute atomic E-state index is 0.0293. The number of nitrogens with zero attached hydrogens (tertiary/aromatic N) is 2. The molecule has 5 rings (SSSR count). The van der Waals surface area contributed by atoms with Crippen molar-refractivity contribution in [3.8, 4) is 0 Å². The molecule has 0 unspecified atom stereocenters. The molecule has 31 heavy (non-hydrogen) atoms. The highest BCUT2D eigenvalue weighted by Gasteiger charge is 2.45. The summed E-state index contributed by atoms with van der Waals surface area (Å²) in [4.78, 5) is 2.60. The highest BCUT2D eigenvalue weighted by Crippen LogP contribution is 2.43. The molecule has 5 nitrogen and oxygen atoms in total. The molecule has 0 N–H and O–H groups in total. The van der Waals surface area contributed by atoms with Crippen LogP contribution in [-0.2, 0) is 26.7 Å². The third-order valence-corrected chi connectivity index (χ3v) is 9.10. The number of piperidine rings is 1. The first kappa shape index (κ1) is 21.1. The Morgan fingerprint density at radius 3 is 2.48 bits per heavy atom. The minimum atomic E-state index is -3.77. The van der Waals surface area contributed by atoms with Gasteiger partial charge in [0.15, 0.2) is 0 Å². The molecule has 3 aliphatic rings. The second-order valence-electron chi connectivity index (χ2n) is 9.05. The fraction of sp³-hybridized carbons (Fsp3) is 0.500. The number of hydrogen-bond acceptors (Lipinski definition) is 4. The molecule has 0 aliphatic carbocycles. The van der Waals surface area contributed by atoms with E-state index in [1.54, 1.807) is 4.31 Å². The zero-order valence-corrected chi connectivity index (χ0v) is 18.5. The summed E-state index contributed by atoms with van der Waals surface area (Å²) in [5, 5.41) is 0. The molecular weight excluding hydrogens is 415 g/mol. The van der Waals surface area contributed by atoms with Crippen LogP contribution < -0.4 is 0 Å². The number of benzene rings is 2. The Bertz CT molecular complexity index is 1040. The standard InChI is InChI=1S/C24H29FN2O3S/c25-20-5-3-6-22(16-20)31(28,29)27-17-19-4-1-2-7-23(19)24(18-27)10-12-26(13-11-24)21-8-14-30-15-9-21/h1-7,16,21H,8-15,17-18H2. The van der Waals surface area contributed by atoms with Gasteiger partial charge in [0.1, 0.15) is 5.82 Å². The highest BCUT2D eigenvalue weighted by atomic mass is 32.2. The van der Waals surface area contributed by atoms with Crippen LogP contribution in [0.2, 0.25) is 0 Å². The maximum atomic E-state index is 13.8. The summed E-state index contributed by atoms with van der Waals surface area (Å²) >= 11 is 0. The molecule has 0 bridgehead atoms. The zero-order chi connectivity index (χ0) is 21.5. The average Bonchev–Trinajstić information content (AvgIpc) is 2.80. The van der Waals surface area contributed by atoms with E-state index < -0.39 is 15.8 Å². The molecule has 2 saturated heterocycles. The number of rotatable bonds is 3. The summed E-state index contributed by atoms with van der Waals surface area (Å²) in [5.74, 6) is -0.530. The van der Waals surface area contributed by atoms with Crippen molar-refractivity contribution in [1.82, 2.24) is 9.21 Å². The van der Waals surface area contributed by atoms with Gasteiger partial charge in [-0.2, -0.15) is 4.31 Å². The molecule has 0 atom stereocenters. The van der Waals surface area contributed by atoms with Gasteiger partial charge in [-0.1, -0.05) is 30.3 Å². The first-order chi connectivity index (χ1) is 15.0. The summed E-state index contributed by atoms with van der Waals surface area (Å²) in [5.41, 5.74) is 2.15. The first-order valence-corrected chi connectivity index (χ1v) is 12.6. The van der Waals surface area contributed by atoms with Gasteiger partial charge in [0.2, 0.25) is 10.0 Å². The van der Waals surface area contributed by atoms with Gasteiger partial charge in [0, 0.05) is 37.8 Å². The predicted octanol–water partition coefficient (Wildman–Crippen LogP) is 3.54. The Morgan fingerprint density at radius 2 is 1.74 bits per heavy atom. The molecule has 3 heterocycles. The lowest BCUT2D eigenvalue weighted by molar-refractivity contribution is 0.0138. The Balaban J connectivity index is 1.44. The first-order valence-electron chi connectivity index (χ1n) is 11.1. The van der Waals surface area contributed by atoms with E-state index in [1.165, 1.54) is 23.8 Å². The lowest BCUT2D eigenvalue weighted by atomic mass is 9.69. The Hall–Kier alpha value is -1.80. The Kier molecular flexibility index (Phi) is 5.63. The summed E-state index contributed by atoms with van der Waals surface area (Å²) in [6, 6.07) is 14.2. The number of likely N-dealkylation sites (tertiary alicyclic amines) is 1. The van der Waals surface area contributed by atoms with Crippen LogP contribution in [0.25, 0.3) is 0 Å². The van der Waals surface area contributed by atoms with Crippen molar-refractivity contribution in [2.24, 2.45) is 0 Å². The van der Waals surface area contributed by atoms with E-state index in [4.69, 9.17) is 4.74 Å². The summed E-state index contributed by atoms with van der Waals surface area (Å²) in [7, 11) is -3.77. The van der Waals surface area contributed by atoms with Crippen molar-refractivity contribution >= 4 is 10.0 Å². The van der Waals surface area contributed by atoms with Crippen molar-refractivity contribution in [3.05, 3.63) is 65.5 Å². The second kappa shape index (κ2) is 8.28. The molecule has 2 aromatic rings. The van der Waals surface area contributed by atoms with Gasteiger partial charge in [-0.25, -0.2) is 12.8 Å². The van der Waals surface area contributed by atoms with Crippen LogP contribution in [0, 0.1) is 5.82 Å². The van der Waals surface area contributed by atoms with Gasteiger partial charge in [-0.05, 0) is 68.1 Å². The van der Waals surface area contributed by atoms with Gasteiger partial charge in [-0.3, -0.25) is 0 Å². The molecular formula is C24H29FN2O3S. The minimum Gasteiger partial charge on any atom is -0.381 e. The van der Waals surface area contributed by atoms with E-state index in [9.17, 15) is 12.8 Å². The molecule has 166 valence electrons. The molecule has 2 fully saturated rings. The number of sulfonamides is 1. The number of halogens is 1. The van der Waals surface area contributed by atoms with Crippen molar-refractivity contribution in [3.63, 3.8) is 0 Å². The van der Waals surface area contributed by atoms with Crippen molar-refractivity contribution in [1.29, 1.82) is 0 Å². The monoisotopic (exact) mass is 444 g/mol. The molecule has 2 aromatic carbocycles. The van der Waals surface area contributed by atoms with Crippen molar-refractivity contribution < 1.29 is 17.5 Å².